The van der Waals surface area contributed by atoms with E-state index in [0.717, 1.165) is 5.56 Å². The van der Waals surface area contributed by atoms with Gasteiger partial charge in [-0.25, -0.2) is 4.39 Å². The average Bonchev–Trinajstić information content (AvgIpc) is 3.01. The first kappa shape index (κ1) is 17.1. The quantitative estimate of drug-likeness (QED) is 0.919. The molecule has 2 heterocycles. The highest BCUT2D eigenvalue weighted by Crippen LogP contribution is 2.35. The van der Waals surface area contributed by atoms with Crippen LogP contribution in [0.5, 0.6) is 0 Å². The standard InChI is InChI=1S/C18H21FN4O2/c1-22-11-13(10-21-22)17-15(6-7-16(24)23(17)2)18(25)20-9-12-4-3-5-14(19)8-12/h3-5,8,10-11,15,17H,6-7,9H2,1-2H3,(H,20,25)/t15-,17+/m0/s1. The van der Waals surface area contributed by atoms with Gasteiger partial charge >= 0.3 is 0 Å². The van der Waals surface area contributed by atoms with E-state index >= 15 is 0 Å². The molecule has 1 fully saturated rings. The van der Waals surface area contributed by atoms with Crippen molar-refractivity contribution in [2.75, 3.05) is 7.05 Å². The molecule has 1 aliphatic rings. The molecular formula is C18H21FN4O2. The number of rotatable bonds is 4. The molecule has 2 aromatic rings. The number of nitrogens with one attached hydrogen (secondary N) is 1. The third kappa shape index (κ3) is 3.70. The van der Waals surface area contributed by atoms with Gasteiger partial charge in [-0.2, -0.15) is 5.10 Å². The summed E-state index contributed by atoms with van der Waals surface area (Å²) in [4.78, 5) is 26.4. The highest BCUT2D eigenvalue weighted by molar-refractivity contribution is 5.84. The molecular weight excluding hydrogens is 323 g/mol. The van der Waals surface area contributed by atoms with Crippen molar-refractivity contribution in [2.45, 2.75) is 25.4 Å². The van der Waals surface area contributed by atoms with Crippen LogP contribution in [-0.2, 0) is 23.2 Å². The lowest BCUT2D eigenvalue weighted by Crippen LogP contribution is -2.46. The molecule has 6 nitrogen and oxygen atoms in total. The van der Waals surface area contributed by atoms with Gasteiger partial charge in [0, 0.05) is 38.8 Å². The predicted molar refractivity (Wildman–Crippen MR) is 89.7 cm³/mol. The first-order chi connectivity index (χ1) is 12.0. The molecule has 0 bridgehead atoms. The largest absolute Gasteiger partial charge is 0.352 e. The number of carbonyl (C=O) groups is 2. The van der Waals surface area contributed by atoms with E-state index in [0.29, 0.717) is 18.4 Å². The molecule has 0 spiro atoms. The molecule has 0 unspecified atom stereocenters. The average molecular weight is 344 g/mol. The second-order valence-electron chi connectivity index (χ2n) is 6.39. The van der Waals surface area contributed by atoms with Crippen LogP contribution < -0.4 is 5.32 Å². The summed E-state index contributed by atoms with van der Waals surface area (Å²) >= 11 is 0. The van der Waals surface area contributed by atoms with Crippen LogP contribution in [0.2, 0.25) is 0 Å². The number of hydrogen-bond acceptors (Lipinski definition) is 3. The fourth-order valence-electron chi connectivity index (χ4n) is 3.33. The van der Waals surface area contributed by atoms with E-state index < -0.39 is 0 Å². The molecule has 1 aromatic heterocycles. The topological polar surface area (TPSA) is 67.2 Å². The van der Waals surface area contributed by atoms with Crippen LogP contribution in [-0.4, -0.2) is 33.5 Å². The third-order valence-electron chi connectivity index (χ3n) is 4.62. The Kier molecular flexibility index (Phi) is 4.83. The molecule has 1 aliphatic heterocycles. The van der Waals surface area contributed by atoms with Gasteiger partial charge < -0.3 is 10.2 Å². The van der Waals surface area contributed by atoms with Crippen LogP contribution in [0.3, 0.4) is 0 Å². The summed E-state index contributed by atoms with van der Waals surface area (Å²) in [5, 5.41) is 7.02. The van der Waals surface area contributed by atoms with E-state index in [2.05, 4.69) is 10.4 Å². The highest BCUT2D eigenvalue weighted by atomic mass is 19.1. The van der Waals surface area contributed by atoms with Gasteiger partial charge in [0.25, 0.3) is 0 Å². The van der Waals surface area contributed by atoms with E-state index in [4.69, 9.17) is 0 Å². The summed E-state index contributed by atoms with van der Waals surface area (Å²) in [5.74, 6) is -0.816. The van der Waals surface area contributed by atoms with Gasteiger partial charge in [-0.1, -0.05) is 12.1 Å². The van der Waals surface area contributed by atoms with Gasteiger partial charge in [0.05, 0.1) is 18.2 Å². The van der Waals surface area contributed by atoms with Gasteiger partial charge in [-0.15, -0.1) is 0 Å². The van der Waals surface area contributed by atoms with Crippen molar-refractivity contribution in [1.82, 2.24) is 20.0 Å². The zero-order valence-corrected chi connectivity index (χ0v) is 14.3. The van der Waals surface area contributed by atoms with Crippen molar-refractivity contribution in [3.8, 4) is 0 Å². The van der Waals surface area contributed by atoms with E-state index in [1.807, 2.05) is 6.20 Å². The molecule has 1 N–H and O–H groups in total. The van der Waals surface area contributed by atoms with Crippen molar-refractivity contribution in [3.63, 3.8) is 0 Å². The SMILES string of the molecule is CN1C(=O)CC[C@H](C(=O)NCc2cccc(F)c2)[C@H]1c1cnn(C)c1. The minimum atomic E-state index is -0.361. The number of piperidine rings is 1. The van der Waals surface area contributed by atoms with Gasteiger partial charge in [0.2, 0.25) is 11.8 Å². The predicted octanol–water partition coefficient (Wildman–Crippen LogP) is 1.79. The van der Waals surface area contributed by atoms with Crippen molar-refractivity contribution in [2.24, 2.45) is 13.0 Å². The Morgan fingerprint density at radius 2 is 2.20 bits per heavy atom. The first-order valence-electron chi connectivity index (χ1n) is 8.22. The second-order valence-corrected chi connectivity index (χ2v) is 6.39. The Balaban J connectivity index is 1.75. The van der Waals surface area contributed by atoms with Crippen LogP contribution in [0.25, 0.3) is 0 Å². The summed E-state index contributed by atoms with van der Waals surface area (Å²) in [6.45, 7) is 0.254. The number of hydrogen-bond donors (Lipinski definition) is 1. The van der Waals surface area contributed by atoms with E-state index in [1.54, 1.807) is 42.0 Å². The number of likely N-dealkylation sites (tertiary alicyclic amines) is 1. The Morgan fingerprint density at radius 1 is 1.40 bits per heavy atom. The molecule has 25 heavy (non-hydrogen) atoms. The van der Waals surface area contributed by atoms with Gasteiger partial charge in [0.1, 0.15) is 5.82 Å². The van der Waals surface area contributed by atoms with Gasteiger partial charge in [-0.05, 0) is 24.1 Å². The van der Waals surface area contributed by atoms with E-state index in [-0.39, 0.29) is 36.1 Å². The fraction of sp³-hybridized carbons (Fsp3) is 0.389. The maximum absolute atomic E-state index is 13.3. The Bertz CT molecular complexity index is 789. The van der Waals surface area contributed by atoms with Crippen molar-refractivity contribution in [3.05, 3.63) is 53.6 Å². The molecule has 3 rings (SSSR count). The van der Waals surface area contributed by atoms with E-state index in [1.165, 1.54) is 12.1 Å². The van der Waals surface area contributed by atoms with Crippen LogP contribution in [0.15, 0.2) is 36.7 Å². The number of aryl methyl sites for hydroxylation is 1. The zero-order chi connectivity index (χ0) is 18.0. The van der Waals surface area contributed by atoms with Crippen molar-refractivity contribution < 1.29 is 14.0 Å². The van der Waals surface area contributed by atoms with Crippen molar-refractivity contribution >= 4 is 11.8 Å². The Hall–Kier alpha value is -2.70. The summed E-state index contributed by atoms with van der Waals surface area (Å²) in [6.07, 6.45) is 4.34. The number of nitrogens with zero attached hydrogens (tertiary/aromatic N) is 3. The molecule has 0 saturated carbocycles. The number of benzene rings is 1. The molecule has 1 aromatic carbocycles. The highest BCUT2D eigenvalue weighted by Gasteiger charge is 2.39. The Labute approximate surface area is 145 Å². The van der Waals surface area contributed by atoms with Crippen LogP contribution in [0, 0.1) is 11.7 Å². The van der Waals surface area contributed by atoms with Crippen LogP contribution in [0.1, 0.15) is 30.0 Å². The van der Waals surface area contributed by atoms with Crippen molar-refractivity contribution in [1.29, 1.82) is 0 Å². The molecule has 1 saturated heterocycles. The minimum absolute atomic E-state index is 0.0167. The maximum atomic E-state index is 13.3. The molecule has 7 heteroatoms. The van der Waals surface area contributed by atoms with Crippen LogP contribution >= 0.6 is 0 Å². The zero-order valence-electron chi connectivity index (χ0n) is 14.3. The molecule has 132 valence electrons. The normalized spacial score (nSPS) is 20.6. The maximum Gasteiger partial charge on any atom is 0.225 e. The third-order valence-corrected chi connectivity index (χ3v) is 4.62. The lowest BCUT2D eigenvalue weighted by atomic mass is 9.85. The van der Waals surface area contributed by atoms with Crippen LogP contribution in [0.4, 0.5) is 4.39 Å². The number of halogens is 1. The number of amides is 2. The minimum Gasteiger partial charge on any atom is -0.352 e. The first-order valence-corrected chi connectivity index (χ1v) is 8.22. The molecule has 2 amide bonds. The second kappa shape index (κ2) is 7.04. The molecule has 2 atom stereocenters. The number of aromatic nitrogens is 2. The number of carbonyl (C=O) groups excluding carboxylic acids is 2. The summed E-state index contributed by atoms with van der Waals surface area (Å²) in [6, 6.07) is 5.80. The molecule has 0 radical (unpaired) electrons. The molecule has 0 aliphatic carbocycles. The summed E-state index contributed by atoms with van der Waals surface area (Å²) < 4.78 is 14.9. The lowest BCUT2D eigenvalue weighted by Gasteiger charge is -2.37. The fourth-order valence-corrected chi connectivity index (χ4v) is 3.33. The van der Waals surface area contributed by atoms with Gasteiger partial charge in [0.15, 0.2) is 0 Å². The Morgan fingerprint density at radius 3 is 2.88 bits per heavy atom. The summed E-state index contributed by atoms with van der Waals surface area (Å²) in [5.41, 5.74) is 1.54. The summed E-state index contributed by atoms with van der Waals surface area (Å²) in [7, 11) is 3.51. The lowest BCUT2D eigenvalue weighted by molar-refractivity contribution is -0.141. The smallest absolute Gasteiger partial charge is 0.225 e. The monoisotopic (exact) mass is 344 g/mol. The van der Waals surface area contributed by atoms with Gasteiger partial charge in [-0.3, -0.25) is 14.3 Å². The van der Waals surface area contributed by atoms with E-state index in [9.17, 15) is 14.0 Å².